The lowest BCUT2D eigenvalue weighted by Gasteiger charge is -2.11. The average Bonchev–Trinajstić information content (AvgIpc) is 2.94. The predicted molar refractivity (Wildman–Crippen MR) is 93.5 cm³/mol. The van der Waals surface area contributed by atoms with Gasteiger partial charge in [0.05, 0.1) is 18.2 Å². The highest BCUT2D eigenvalue weighted by Crippen LogP contribution is 2.32. The van der Waals surface area contributed by atoms with Crippen LogP contribution >= 0.6 is 0 Å². The number of nitrogens with one attached hydrogen (secondary N) is 2. The van der Waals surface area contributed by atoms with Crippen molar-refractivity contribution in [3.05, 3.63) is 41.9 Å². The number of aryl methyl sites for hydroxylation is 2. The first-order valence-corrected chi connectivity index (χ1v) is 8.02. The van der Waals surface area contributed by atoms with Crippen LogP contribution in [0.5, 0.6) is 5.75 Å². The van der Waals surface area contributed by atoms with Crippen LogP contribution in [-0.2, 0) is 12.8 Å². The first-order valence-electron chi connectivity index (χ1n) is 8.02. The first-order chi connectivity index (χ1) is 11.3. The maximum absolute atomic E-state index is 5.42. The van der Waals surface area contributed by atoms with Crippen molar-refractivity contribution in [2.24, 2.45) is 0 Å². The molecule has 0 unspecified atom stereocenters. The van der Waals surface area contributed by atoms with E-state index >= 15 is 0 Å². The van der Waals surface area contributed by atoms with Crippen LogP contribution in [0.1, 0.15) is 31.5 Å². The van der Waals surface area contributed by atoms with E-state index in [9.17, 15) is 0 Å². The van der Waals surface area contributed by atoms with Gasteiger partial charge in [-0.1, -0.05) is 32.4 Å². The molecule has 3 aromatic rings. The summed E-state index contributed by atoms with van der Waals surface area (Å²) in [6.07, 6.45) is 4.66. The van der Waals surface area contributed by atoms with Crippen LogP contribution in [0.25, 0.3) is 11.0 Å². The van der Waals surface area contributed by atoms with E-state index in [4.69, 9.17) is 4.74 Å². The zero-order valence-corrected chi connectivity index (χ0v) is 13.8. The Kier molecular flexibility index (Phi) is 4.46. The largest absolute Gasteiger partial charge is 0.495 e. The number of benzene rings is 1. The van der Waals surface area contributed by atoms with Crippen molar-refractivity contribution >= 4 is 22.5 Å². The van der Waals surface area contributed by atoms with E-state index in [0.717, 1.165) is 47.6 Å². The minimum absolute atomic E-state index is 0.793. The molecule has 5 nitrogen and oxygen atoms in total. The average molecular weight is 310 g/mol. The monoisotopic (exact) mass is 310 g/mol. The maximum atomic E-state index is 5.42. The molecule has 0 fully saturated rings. The van der Waals surface area contributed by atoms with Crippen LogP contribution < -0.4 is 10.1 Å². The predicted octanol–water partition coefficient (Wildman–Crippen LogP) is 4.23. The Morgan fingerprint density at radius 3 is 2.74 bits per heavy atom. The van der Waals surface area contributed by atoms with Crippen LogP contribution in [0.3, 0.4) is 0 Å². The van der Waals surface area contributed by atoms with E-state index in [0.29, 0.717) is 0 Å². The molecule has 0 saturated carbocycles. The van der Waals surface area contributed by atoms with E-state index in [1.807, 2.05) is 24.3 Å². The lowest BCUT2D eigenvalue weighted by Crippen LogP contribution is -1.98. The number of ether oxygens (including phenoxy) is 1. The number of fused-ring (bicyclic) bond motifs is 1. The second-order valence-corrected chi connectivity index (χ2v) is 5.46. The summed E-state index contributed by atoms with van der Waals surface area (Å²) >= 11 is 0. The Bertz CT molecular complexity index is 810. The van der Waals surface area contributed by atoms with Gasteiger partial charge < -0.3 is 15.0 Å². The van der Waals surface area contributed by atoms with Crippen molar-refractivity contribution in [2.75, 3.05) is 12.4 Å². The topological polar surface area (TPSA) is 62.8 Å². The molecule has 0 aliphatic carbocycles. The van der Waals surface area contributed by atoms with Gasteiger partial charge in [-0.3, -0.25) is 0 Å². The number of methoxy groups -OCH3 is 1. The van der Waals surface area contributed by atoms with E-state index in [1.54, 1.807) is 13.4 Å². The Morgan fingerprint density at radius 2 is 2.00 bits per heavy atom. The molecule has 0 aliphatic rings. The zero-order chi connectivity index (χ0) is 16.2. The smallest absolute Gasteiger partial charge is 0.143 e. The van der Waals surface area contributed by atoms with Gasteiger partial charge in [0.25, 0.3) is 0 Å². The van der Waals surface area contributed by atoms with Crippen molar-refractivity contribution in [1.29, 1.82) is 0 Å². The molecule has 2 aromatic heterocycles. The van der Waals surface area contributed by atoms with Gasteiger partial charge in [0.1, 0.15) is 23.5 Å². The molecule has 120 valence electrons. The summed E-state index contributed by atoms with van der Waals surface area (Å²) in [4.78, 5) is 12.3. The molecule has 0 saturated heterocycles. The molecule has 3 rings (SSSR count). The summed E-state index contributed by atoms with van der Waals surface area (Å²) in [5.74, 6) is 1.61. The second kappa shape index (κ2) is 6.69. The summed E-state index contributed by atoms with van der Waals surface area (Å²) in [5.41, 5.74) is 4.33. The molecular formula is C18H22N4O. The Morgan fingerprint density at radius 1 is 1.17 bits per heavy atom. The number of aromatic amines is 1. The van der Waals surface area contributed by atoms with Gasteiger partial charge in [-0.25, -0.2) is 9.97 Å². The van der Waals surface area contributed by atoms with Crippen molar-refractivity contribution in [1.82, 2.24) is 15.0 Å². The Labute approximate surface area is 136 Å². The van der Waals surface area contributed by atoms with Gasteiger partial charge in [-0.15, -0.1) is 0 Å². The normalized spacial score (nSPS) is 10.9. The van der Waals surface area contributed by atoms with Crippen LogP contribution in [-0.4, -0.2) is 22.1 Å². The van der Waals surface area contributed by atoms with Gasteiger partial charge in [0.2, 0.25) is 0 Å². The molecule has 0 bridgehead atoms. The number of rotatable bonds is 6. The fourth-order valence-corrected chi connectivity index (χ4v) is 2.96. The fourth-order valence-electron chi connectivity index (χ4n) is 2.96. The first kappa shape index (κ1) is 15.3. The highest BCUT2D eigenvalue weighted by Gasteiger charge is 2.16. The number of nitrogens with zero attached hydrogens (tertiary/aromatic N) is 2. The van der Waals surface area contributed by atoms with Crippen molar-refractivity contribution in [3.63, 3.8) is 0 Å². The minimum Gasteiger partial charge on any atom is -0.495 e. The molecule has 0 aliphatic heterocycles. The second-order valence-electron chi connectivity index (χ2n) is 5.46. The van der Waals surface area contributed by atoms with Gasteiger partial charge in [-0.2, -0.15) is 0 Å². The third-order valence-electron chi connectivity index (χ3n) is 4.00. The Balaban J connectivity index is 2.10. The third kappa shape index (κ3) is 2.86. The van der Waals surface area contributed by atoms with Crippen molar-refractivity contribution in [2.45, 2.75) is 33.1 Å². The van der Waals surface area contributed by atoms with Gasteiger partial charge in [-0.05, 0) is 30.5 Å². The van der Waals surface area contributed by atoms with E-state index in [-0.39, 0.29) is 0 Å². The molecule has 2 heterocycles. The quantitative estimate of drug-likeness (QED) is 0.715. The number of aromatic nitrogens is 3. The van der Waals surface area contributed by atoms with Crippen LogP contribution in [0, 0.1) is 0 Å². The maximum Gasteiger partial charge on any atom is 0.143 e. The van der Waals surface area contributed by atoms with Crippen molar-refractivity contribution in [3.8, 4) is 5.75 Å². The molecule has 1 aromatic carbocycles. The summed E-state index contributed by atoms with van der Waals surface area (Å²) in [7, 11) is 1.67. The van der Waals surface area contributed by atoms with Crippen molar-refractivity contribution < 1.29 is 4.74 Å². The number of hydrogen-bond donors (Lipinski definition) is 2. The fraction of sp³-hybridized carbons (Fsp3) is 0.333. The van der Waals surface area contributed by atoms with Gasteiger partial charge in [0, 0.05) is 5.69 Å². The number of anilines is 2. The standard InChI is InChI=1S/C18H22N4O/c1-4-8-13-12(5-2)16-17(21-13)19-11-20-18(16)22-14-9-6-7-10-15(14)23-3/h6-7,9-11H,4-5,8H2,1-3H3,(H2,19,20,21,22). The molecule has 23 heavy (non-hydrogen) atoms. The third-order valence-corrected chi connectivity index (χ3v) is 4.00. The van der Waals surface area contributed by atoms with Gasteiger partial charge in [0.15, 0.2) is 0 Å². The molecule has 2 N–H and O–H groups in total. The summed E-state index contributed by atoms with van der Waals surface area (Å²) in [6, 6.07) is 7.84. The van der Waals surface area contributed by atoms with E-state index in [2.05, 4.69) is 34.1 Å². The van der Waals surface area contributed by atoms with Crippen LogP contribution in [0.2, 0.25) is 0 Å². The summed E-state index contributed by atoms with van der Waals surface area (Å²) in [6.45, 7) is 4.35. The lowest BCUT2D eigenvalue weighted by molar-refractivity contribution is 0.417. The summed E-state index contributed by atoms with van der Waals surface area (Å²) in [5, 5.41) is 4.47. The lowest BCUT2D eigenvalue weighted by atomic mass is 10.1. The minimum atomic E-state index is 0.793. The highest BCUT2D eigenvalue weighted by atomic mass is 16.5. The molecule has 0 radical (unpaired) electrons. The molecule has 0 spiro atoms. The van der Waals surface area contributed by atoms with Gasteiger partial charge >= 0.3 is 0 Å². The highest BCUT2D eigenvalue weighted by molar-refractivity contribution is 5.93. The van der Waals surface area contributed by atoms with E-state index in [1.165, 1.54) is 11.3 Å². The molecular weight excluding hydrogens is 288 g/mol. The number of H-pyrrole nitrogens is 1. The molecule has 0 atom stereocenters. The Hall–Kier alpha value is -2.56. The zero-order valence-electron chi connectivity index (χ0n) is 13.8. The SMILES string of the molecule is CCCc1[nH]c2ncnc(Nc3ccccc3OC)c2c1CC. The van der Waals surface area contributed by atoms with Crippen LogP contribution in [0.15, 0.2) is 30.6 Å². The molecule has 5 heteroatoms. The van der Waals surface area contributed by atoms with Crippen LogP contribution in [0.4, 0.5) is 11.5 Å². The number of hydrogen-bond acceptors (Lipinski definition) is 4. The number of para-hydroxylation sites is 2. The van der Waals surface area contributed by atoms with E-state index < -0.39 is 0 Å². The molecule has 0 amide bonds. The summed E-state index contributed by atoms with van der Waals surface area (Å²) < 4.78 is 5.42.